The molecule has 0 spiro atoms. The zero-order chi connectivity index (χ0) is 11.7. The largest absolute Gasteiger partial charge is 0.0622 e. The molecule has 0 nitrogen and oxygen atoms in total. The van der Waals surface area contributed by atoms with Gasteiger partial charge in [-0.25, -0.2) is 0 Å². The predicted octanol–water partition coefficient (Wildman–Crippen LogP) is 4.74. The Morgan fingerprint density at radius 3 is 2.25 bits per heavy atom. The molecule has 0 aromatic carbocycles. The highest BCUT2D eigenvalue weighted by Crippen LogP contribution is 2.72. The Morgan fingerprint density at radius 2 is 1.56 bits per heavy atom. The number of hydrogen-bond donors (Lipinski definition) is 0. The van der Waals surface area contributed by atoms with Crippen molar-refractivity contribution in [1.29, 1.82) is 0 Å². The van der Waals surface area contributed by atoms with Gasteiger partial charge in [-0.2, -0.15) is 0 Å². The standard InChI is InChI=1S/C16H28/c1-10-6-7-11-13(10)14-12(16(14,4)5)8-9-15(11,2)3/h10-14H,6-9H2,1-5H3/t10-,11-,12-,13?,14-/m0/s1. The van der Waals surface area contributed by atoms with Crippen LogP contribution in [0.4, 0.5) is 0 Å². The Kier molecular flexibility index (Phi) is 2.12. The molecule has 3 saturated carbocycles. The number of rotatable bonds is 0. The highest BCUT2D eigenvalue weighted by Gasteiger charge is 2.65. The lowest BCUT2D eigenvalue weighted by Crippen LogP contribution is -2.30. The maximum Gasteiger partial charge on any atom is -0.0289 e. The zero-order valence-corrected chi connectivity index (χ0v) is 11.7. The molecular weight excluding hydrogens is 192 g/mol. The Hall–Kier alpha value is 0. The molecule has 3 aliphatic carbocycles. The summed E-state index contributed by atoms with van der Waals surface area (Å²) < 4.78 is 0. The second-order valence-corrected chi connectivity index (χ2v) is 8.22. The van der Waals surface area contributed by atoms with Crippen LogP contribution in [-0.4, -0.2) is 0 Å². The van der Waals surface area contributed by atoms with E-state index in [-0.39, 0.29) is 0 Å². The maximum atomic E-state index is 2.54. The highest BCUT2D eigenvalue weighted by atomic mass is 14.7. The monoisotopic (exact) mass is 220 g/mol. The van der Waals surface area contributed by atoms with Crippen molar-refractivity contribution < 1.29 is 0 Å². The van der Waals surface area contributed by atoms with Crippen LogP contribution in [-0.2, 0) is 0 Å². The van der Waals surface area contributed by atoms with Crippen LogP contribution in [0.3, 0.4) is 0 Å². The predicted molar refractivity (Wildman–Crippen MR) is 69.2 cm³/mol. The molecule has 16 heavy (non-hydrogen) atoms. The molecule has 0 heteroatoms. The van der Waals surface area contributed by atoms with Crippen LogP contribution in [0.2, 0.25) is 0 Å². The number of hydrogen-bond acceptors (Lipinski definition) is 0. The summed E-state index contributed by atoms with van der Waals surface area (Å²) in [6, 6.07) is 0. The van der Waals surface area contributed by atoms with Gasteiger partial charge in [0.25, 0.3) is 0 Å². The second-order valence-electron chi connectivity index (χ2n) is 8.22. The Bertz CT molecular complexity index is 299. The summed E-state index contributed by atoms with van der Waals surface area (Å²) in [5, 5.41) is 0. The van der Waals surface area contributed by atoms with E-state index in [0.717, 1.165) is 29.6 Å². The first kappa shape index (κ1) is 11.1. The topological polar surface area (TPSA) is 0 Å². The van der Waals surface area contributed by atoms with E-state index >= 15 is 0 Å². The molecule has 3 fully saturated rings. The molecular formula is C16H28. The van der Waals surface area contributed by atoms with Gasteiger partial charge in [-0.15, -0.1) is 0 Å². The summed E-state index contributed by atoms with van der Waals surface area (Å²) in [7, 11) is 0. The average molecular weight is 220 g/mol. The van der Waals surface area contributed by atoms with Crippen molar-refractivity contribution in [2.24, 2.45) is 40.4 Å². The fourth-order valence-corrected chi connectivity index (χ4v) is 5.56. The van der Waals surface area contributed by atoms with E-state index in [0.29, 0.717) is 10.8 Å². The Morgan fingerprint density at radius 1 is 0.875 bits per heavy atom. The highest BCUT2D eigenvalue weighted by molar-refractivity contribution is 5.14. The van der Waals surface area contributed by atoms with E-state index < -0.39 is 0 Å². The van der Waals surface area contributed by atoms with Crippen molar-refractivity contribution in [1.82, 2.24) is 0 Å². The van der Waals surface area contributed by atoms with Crippen molar-refractivity contribution in [2.75, 3.05) is 0 Å². The van der Waals surface area contributed by atoms with Crippen LogP contribution in [0, 0.1) is 40.4 Å². The van der Waals surface area contributed by atoms with E-state index in [4.69, 9.17) is 0 Å². The minimum absolute atomic E-state index is 0.624. The molecule has 0 N–H and O–H groups in total. The van der Waals surface area contributed by atoms with Crippen molar-refractivity contribution in [3.8, 4) is 0 Å². The smallest absolute Gasteiger partial charge is 0.0289 e. The fraction of sp³-hybridized carbons (Fsp3) is 1.00. The lowest BCUT2D eigenvalue weighted by molar-refractivity contribution is 0.122. The quantitative estimate of drug-likeness (QED) is 0.553. The lowest BCUT2D eigenvalue weighted by Gasteiger charge is -2.37. The van der Waals surface area contributed by atoms with Crippen molar-refractivity contribution in [3.05, 3.63) is 0 Å². The first-order valence-electron chi connectivity index (χ1n) is 7.36. The van der Waals surface area contributed by atoms with Gasteiger partial charge in [-0.3, -0.25) is 0 Å². The van der Waals surface area contributed by atoms with E-state index in [1.165, 1.54) is 25.7 Å². The van der Waals surface area contributed by atoms with Gasteiger partial charge < -0.3 is 0 Å². The van der Waals surface area contributed by atoms with E-state index in [1.807, 2.05) is 0 Å². The Labute approximate surface area is 101 Å². The van der Waals surface area contributed by atoms with Crippen molar-refractivity contribution >= 4 is 0 Å². The van der Waals surface area contributed by atoms with Gasteiger partial charge in [0.05, 0.1) is 0 Å². The molecule has 0 aromatic heterocycles. The summed E-state index contributed by atoms with van der Waals surface area (Å²) in [4.78, 5) is 0. The van der Waals surface area contributed by atoms with Crippen LogP contribution in [0.5, 0.6) is 0 Å². The molecule has 0 bridgehead atoms. The van der Waals surface area contributed by atoms with Gasteiger partial charge in [-0.05, 0) is 59.7 Å². The summed E-state index contributed by atoms with van der Waals surface area (Å²) in [6.45, 7) is 12.7. The second kappa shape index (κ2) is 3.06. The van der Waals surface area contributed by atoms with Crippen LogP contribution in [0.25, 0.3) is 0 Å². The SMILES string of the molecule is C[C@H]1CC[C@H]2C1[C@@H]1[C@H](CCC2(C)C)C1(C)C. The molecule has 0 radical (unpaired) electrons. The third kappa shape index (κ3) is 1.28. The van der Waals surface area contributed by atoms with E-state index in [2.05, 4.69) is 34.6 Å². The fourth-order valence-electron chi connectivity index (χ4n) is 5.56. The summed E-state index contributed by atoms with van der Waals surface area (Å²) in [5.74, 6) is 5.20. The first-order valence-corrected chi connectivity index (χ1v) is 7.36. The van der Waals surface area contributed by atoms with Gasteiger partial charge in [0.1, 0.15) is 0 Å². The molecule has 1 unspecified atom stereocenters. The zero-order valence-electron chi connectivity index (χ0n) is 11.7. The minimum atomic E-state index is 0.624. The van der Waals surface area contributed by atoms with E-state index in [9.17, 15) is 0 Å². The summed E-state index contributed by atoms with van der Waals surface area (Å²) >= 11 is 0. The normalized spacial score (nSPS) is 52.7. The summed E-state index contributed by atoms with van der Waals surface area (Å²) in [6.07, 6.45) is 5.99. The van der Waals surface area contributed by atoms with Crippen molar-refractivity contribution in [2.45, 2.75) is 60.3 Å². The Balaban J connectivity index is 1.94. The molecule has 0 heterocycles. The molecule has 5 atom stereocenters. The van der Waals surface area contributed by atoms with Gasteiger partial charge in [0.2, 0.25) is 0 Å². The molecule has 0 amide bonds. The molecule has 0 saturated heterocycles. The van der Waals surface area contributed by atoms with Gasteiger partial charge in [0, 0.05) is 0 Å². The summed E-state index contributed by atoms with van der Waals surface area (Å²) in [5.41, 5.74) is 1.30. The van der Waals surface area contributed by atoms with Crippen molar-refractivity contribution in [3.63, 3.8) is 0 Å². The third-order valence-corrected chi connectivity index (χ3v) is 6.71. The van der Waals surface area contributed by atoms with E-state index in [1.54, 1.807) is 0 Å². The minimum Gasteiger partial charge on any atom is -0.0622 e. The molecule has 92 valence electrons. The molecule has 3 aliphatic rings. The number of fused-ring (bicyclic) bond motifs is 3. The molecule has 0 aliphatic heterocycles. The molecule has 0 aromatic rings. The van der Waals surface area contributed by atoms with Crippen LogP contribution < -0.4 is 0 Å². The lowest BCUT2D eigenvalue weighted by atomic mass is 9.68. The first-order chi connectivity index (χ1) is 7.36. The van der Waals surface area contributed by atoms with Crippen LogP contribution >= 0.6 is 0 Å². The van der Waals surface area contributed by atoms with Crippen LogP contribution in [0.15, 0.2) is 0 Å². The maximum absolute atomic E-state index is 2.54. The van der Waals surface area contributed by atoms with Gasteiger partial charge in [-0.1, -0.05) is 41.0 Å². The van der Waals surface area contributed by atoms with Gasteiger partial charge >= 0.3 is 0 Å². The van der Waals surface area contributed by atoms with Crippen LogP contribution in [0.1, 0.15) is 60.3 Å². The van der Waals surface area contributed by atoms with Gasteiger partial charge in [0.15, 0.2) is 0 Å². The molecule has 3 rings (SSSR count). The average Bonchev–Trinajstić information content (AvgIpc) is 2.51. The third-order valence-electron chi connectivity index (χ3n) is 6.71.